The summed E-state index contributed by atoms with van der Waals surface area (Å²) in [4.78, 5) is 8.83. The Hall–Kier alpha value is -1.39. The van der Waals surface area contributed by atoms with Crippen LogP contribution >= 0.6 is 11.6 Å². The molecule has 1 aromatic carbocycles. The van der Waals surface area contributed by atoms with E-state index in [0.717, 1.165) is 29.7 Å². The summed E-state index contributed by atoms with van der Waals surface area (Å²) in [5.74, 6) is 0.864. The van der Waals surface area contributed by atoms with Gasteiger partial charge >= 0.3 is 0 Å². The van der Waals surface area contributed by atoms with Gasteiger partial charge in [-0.3, -0.25) is 0 Å². The van der Waals surface area contributed by atoms with Crippen molar-refractivity contribution in [3.63, 3.8) is 0 Å². The van der Waals surface area contributed by atoms with Crippen molar-refractivity contribution in [1.29, 1.82) is 0 Å². The number of hydrogen-bond acceptors (Lipinski definition) is 4. The molecule has 0 bridgehead atoms. The minimum Gasteiger partial charge on any atom is -0.373 e. The Kier molecular flexibility index (Phi) is 3.43. The van der Waals surface area contributed by atoms with E-state index in [4.69, 9.17) is 16.3 Å². The quantitative estimate of drug-likeness (QED) is 0.867. The Morgan fingerprint density at radius 1 is 1.14 bits per heavy atom. The molecule has 1 unspecified atom stereocenters. The average molecular weight is 304 g/mol. The van der Waals surface area contributed by atoms with E-state index in [-0.39, 0.29) is 6.10 Å². The molecule has 0 radical (unpaired) electrons. The third-order valence-corrected chi connectivity index (χ3v) is 4.64. The lowest BCUT2D eigenvalue weighted by molar-refractivity contribution is -0.0518. The van der Waals surface area contributed by atoms with Crippen molar-refractivity contribution in [2.24, 2.45) is 0 Å². The fourth-order valence-corrected chi connectivity index (χ4v) is 3.47. The van der Waals surface area contributed by atoms with E-state index < -0.39 is 0 Å². The van der Waals surface area contributed by atoms with Crippen LogP contribution in [-0.4, -0.2) is 22.6 Å². The van der Waals surface area contributed by atoms with Gasteiger partial charge in [-0.05, 0) is 36.1 Å². The molecule has 2 aliphatic rings. The number of nitrogens with zero attached hydrogens (tertiary/aromatic N) is 2. The minimum atomic E-state index is 0.169. The molecule has 0 amide bonds. The number of hydrogen-bond donors (Lipinski definition) is 1. The molecular weight excluding hydrogens is 286 g/mol. The molecule has 4 nitrogen and oxygen atoms in total. The predicted molar refractivity (Wildman–Crippen MR) is 83.7 cm³/mol. The number of anilines is 1. The monoisotopic (exact) mass is 303 g/mol. The first-order chi connectivity index (χ1) is 10.3. The summed E-state index contributed by atoms with van der Waals surface area (Å²) in [5.41, 5.74) is 2.07. The molecular formula is C16H18ClN3O. The largest absolute Gasteiger partial charge is 0.373 e. The summed E-state index contributed by atoms with van der Waals surface area (Å²) in [7, 11) is 0. The Morgan fingerprint density at radius 2 is 1.95 bits per heavy atom. The molecule has 110 valence electrons. The Morgan fingerprint density at radius 3 is 2.67 bits per heavy atom. The van der Waals surface area contributed by atoms with Crippen molar-refractivity contribution in [1.82, 2.24) is 9.97 Å². The van der Waals surface area contributed by atoms with Crippen LogP contribution in [0.15, 0.2) is 18.2 Å². The molecule has 2 fully saturated rings. The van der Waals surface area contributed by atoms with Crippen LogP contribution < -0.4 is 5.32 Å². The van der Waals surface area contributed by atoms with Crippen LogP contribution in [-0.2, 0) is 4.74 Å². The van der Waals surface area contributed by atoms with Gasteiger partial charge in [0.15, 0.2) is 0 Å². The van der Waals surface area contributed by atoms with Crippen molar-refractivity contribution in [2.45, 2.75) is 44.2 Å². The first-order valence-electron chi connectivity index (χ1n) is 7.65. The number of aromatic nitrogens is 2. The summed E-state index contributed by atoms with van der Waals surface area (Å²) in [5, 5.41) is 4.95. The van der Waals surface area contributed by atoms with E-state index in [1.54, 1.807) is 0 Å². The van der Waals surface area contributed by atoms with Gasteiger partial charge in [-0.25, -0.2) is 9.97 Å². The summed E-state index contributed by atoms with van der Waals surface area (Å²) in [6.07, 6.45) is 6.20. The molecule has 1 aromatic heterocycles. The maximum Gasteiger partial charge on any atom is 0.224 e. The molecule has 1 saturated carbocycles. The number of ether oxygens (including phenoxy) is 1. The van der Waals surface area contributed by atoms with Crippen molar-refractivity contribution in [2.75, 3.05) is 11.9 Å². The van der Waals surface area contributed by atoms with Crippen LogP contribution in [0, 0.1) is 0 Å². The third kappa shape index (κ3) is 2.47. The lowest BCUT2D eigenvalue weighted by Crippen LogP contribution is -2.20. The van der Waals surface area contributed by atoms with Gasteiger partial charge in [-0.2, -0.15) is 0 Å². The number of nitrogens with one attached hydrogen (secondary N) is 1. The predicted octanol–water partition coefficient (Wildman–Crippen LogP) is 4.10. The molecule has 1 saturated heterocycles. The molecule has 21 heavy (non-hydrogen) atoms. The first-order valence-corrected chi connectivity index (χ1v) is 8.03. The molecule has 2 aromatic rings. The second kappa shape index (κ2) is 5.43. The zero-order chi connectivity index (χ0) is 14.2. The molecule has 5 heteroatoms. The maximum atomic E-state index is 6.10. The lowest BCUT2D eigenvalue weighted by atomic mass is 9.98. The highest BCUT2D eigenvalue weighted by Crippen LogP contribution is 2.37. The van der Waals surface area contributed by atoms with Crippen molar-refractivity contribution < 1.29 is 4.74 Å². The Balaban J connectivity index is 1.82. The van der Waals surface area contributed by atoms with Crippen molar-refractivity contribution in [3.8, 4) is 0 Å². The van der Waals surface area contributed by atoms with E-state index in [2.05, 4.69) is 21.4 Å². The highest BCUT2D eigenvalue weighted by molar-refractivity contribution is 6.28. The maximum absolute atomic E-state index is 6.10. The SMILES string of the molecule is Clc1nc(NC2CCCC2)c2c(C3CCO3)cccc2n1. The van der Waals surface area contributed by atoms with E-state index >= 15 is 0 Å². The summed E-state index contributed by atoms with van der Waals surface area (Å²) < 4.78 is 5.66. The number of benzene rings is 1. The Bertz CT molecular complexity index is 666. The summed E-state index contributed by atoms with van der Waals surface area (Å²) in [6, 6.07) is 6.62. The molecule has 1 N–H and O–H groups in total. The zero-order valence-corrected chi connectivity index (χ0v) is 12.6. The lowest BCUT2D eigenvalue weighted by Gasteiger charge is -2.28. The minimum absolute atomic E-state index is 0.169. The topological polar surface area (TPSA) is 47.0 Å². The normalized spacial score (nSPS) is 22.4. The molecule has 1 aliphatic heterocycles. The highest BCUT2D eigenvalue weighted by Gasteiger charge is 2.25. The fraction of sp³-hybridized carbons (Fsp3) is 0.500. The number of rotatable bonds is 3. The van der Waals surface area contributed by atoms with Crippen molar-refractivity contribution in [3.05, 3.63) is 29.0 Å². The van der Waals surface area contributed by atoms with Gasteiger partial charge in [-0.15, -0.1) is 0 Å². The van der Waals surface area contributed by atoms with Gasteiger partial charge in [0.05, 0.1) is 18.2 Å². The second-order valence-corrected chi connectivity index (χ2v) is 6.19. The van der Waals surface area contributed by atoms with E-state index in [1.165, 1.54) is 31.2 Å². The summed E-state index contributed by atoms with van der Waals surface area (Å²) in [6.45, 7) is 0.834. The third-order valence-electron chi connectivity index (χ3n) is 4.47. The first kappa shape index (κ1) is 13.3. The zero-order valence-electron chi connectivity index (χ0n) is 11.8. The highest BCUT2D eigenvalue weighted by atomic mass is 35.5. The standard InChI is InChI=1S/C16H18ClN3O/c17-16-19-12-7-3-6-11(13-8-9-21-13)14(12)15(20-16)18-10-4-1-2-5-10/h3,6-7,10,13H,1-2,4-5,8-9H2,(H,18,19,20). The van der Waals surface area contributed by atoms with Gasteiger partial charge in [0, 0.05) is 17.8 Å². The van der Waals surface area contributed by atoms with Crippen LogP contribution in [0.25, 0.3) is 10.9 Å². The summed E-state index contributed by atoms with van der Waals surface area (Å²) >= 11 is 6.10. The Labute approximate surface area is 128 Å². The van der Waals surface area contributed by atoms with Crippen LogP contribution in [0.1, 0.15) is 43.8 Å². The van der Waals surface area contributed by atoms with Gasteiger partial charge < -0.3 is 10.1 Å². The van der Waals surface area contributed by atoms with E-state index in [1.807, 2.05) is 12.1 Å². The molecule has 2 heterocycles. The van der Waals surface area contributed by atoms with Crippen molar-refractivity contribution >= 4 is 28.3 Å². The second-order valence-electron chi connectivity index (χ2n) is 5.86. The van der Waals surface area contributed by atoms with Gasteiger partial charge in [0.2, 0.25) is 5.28 Å². The van der Waals surface area contributed by atoms with Gasteiger partial charge in [-0.1, -0.05) is 25.0 Å². The average Bonchev–Trinajstić information content (AvgIpc) is 2.89. The smallest absolute Gasteiger partial charge is 0.224 e. The van der Waals surface area contributed by atoms with Crippen LogP contribution in [0.2, 0.25) is 5.28 Å². The number of halogens is 1. The van der Waals surface area contributed by atoms with E-state index in [0.29, 0.717) is 11.3 Å². The van der Waals surface area contributed by atoms with Crippen LogP contribution in [0.3, 0.4) is 0 Å². The molecule has 1 aliphatic carbocycles. The van der Waals surface area contributed by atoms with Gasteiger partial charge in [0.1, 0.15) is 5.82 Å². The van der Waals surface area contributed by atoms with E-state index in [9.17, 15) is 0 Å². The fourth-order valence-electron chi connectivity index (χ4n) is 3.30. The number of fused-ring (bicyclic) bond motifs is 1. The van der Waals surface area contributed by atoms with Gasteiger partial charge in [0.25, 0.3) is 0 Å². The molecule has 0 spiro atoms. The van der Waals surface area contributed by atoms with Crippen LogP contribution in [0.5, 0.6) is 0 Å². The molecule has 4 rings (SSSR count). The van der Waals surface area contributed by atoms with Crippen LogP contribution in [0.4, 0.5) is 5.82 Å². The molecule has 1 atom stereocenters.